The minimum Gasteiger partial charge on any atom is -0.461 e. The number of rotatable bonds is 9. The maximum absolute atomic E-state index is 11.5. The number of Topliss-reactive ketones (excluding diaryl/α,β-unsaturated/α-hetero) is 2. The Morgan fingerprint density at radius 3 is 2.59 bits per heavy atom. The fraction of sp³-hybridized carbons (Fsp3) is 0.571. The Hall–Kier alpha value is -1.38. The summed E-state index contributed by atoms with van der Waals surface area (Å²) in [6.07, 6.45) is 7.50. The molecule has 0 saturated heterocycles. The third-order valence-electron chi connectivity index (χ3n) is 2.71. The lowest BCUT2D eigenvalue weighted by Gasteiger charge is -1.99. The van der Waals surface area contributed by atoms with Crippen LogP contribution in [0.5, 0.6) is 0 Å². The van der Waals surface area contributed by atoms with E-state index in [1.165, 1.54) is 25.5 Å². The van der Waals surface area contributed by atoms with Crippen LogP contribution in [0, 0.1) is 0 Å². The highest BCUT2D eigenvalue weighted by Crippen LogP contribution is 2.09. The van der Waals surface area contributed by atoms with Crippen molar-refractivity contribution in [2.24, 2.45) is 0 Å². The number of furan rings is 1. The molecule has 17 heavy (non-hydrogen) atoms. The van der Waals surface area contributed by atoms with Crippen molar-refractivity contribution in [1.29, 1.82) is 0 Å². The summed E-state index contributed by atoms with van der Waals surface area (Å²) in [7, 11) is 0. The van der Waals surface area contributed by atoms with Crippen LogP contribution in [0.3, 0.4) is 0 Å². The van der Waals surface area contributed by atoms with Crippen molar-refractivity contribution in [1.82, 2.24) is 0 Å². The number of ketones is 2. The fourth-order valence-electron chi connectivity index (χ4n) is 1.72. The zero-order chi connectivity index (χ0) is 12.5. The van der Waals surface area contributed by atoms with Gasteiger partial charge in [-0.15, -0.1) is 0 Å². The normalized spacial score (nSPS) is 10.4. The van der Waals surface area contributed by atoms with Gasteiger partial charge in [-0.3, -0.25) is 9.59 Å². The van der Waals surface area contributed by atoms with Crippen LogP contribution in [-0.2, 0) is 4.79 Å². The Kier molecular flexibility index (Phi) is 6.30. The second-order valence-corrected chi connectivity index (χ2v) is 4.28. The van der Waals surface area contributed by atoms with E-state index < -0.39 is 0 Å². The molecule has 0 N–H and O–H groups in total. The lowest BCUT2D eigenvalue weighted by Crippen LogP contribution is -2.07. The quantitative estimate of drug-likeness (QED) is 0.372. The maximum atomic E-state index is 11.5. The van der Waals surface area contributed by atoms with Crippen molar-refractivity contribution in [2.45, 2.75) is 51.9 Å². The first-order chi connectivity index (χ1) is 8.24. The Balaban J connectivity index is 2.15. The predicted octanol–water partition coefficient (Wildman–Crippen LogP) is 3.78. The molecular weight excluding hydrogens is 216 g/mol. The van der Waals surface area contributed by atoms with Crippen LogP contribution in [0.4, 0.5) is 0 Å². The van der Waals surface area contributed by atoms with Crippen molar-refractivity contribution in [3.63, 3.8) is 0 Å². The van der Waals surface area contributed by atoms with Crippen LogP contribution in [0.25, 0.3) is 0 Å². The van der Waals surface area contributed by atoms with Gasteiger partial charge in [-0.25, -0.2) is 0 Å². The second kappa shape index (κ2) is 7.82. The topological polar surface area (TPSA) is 47.3 Å². The monoisotopic (exact) mass is 236 g/mol. The van der Waals surface area contributed by atoms with Gasteiger partial charge < -0.3 is 4.42 Å². The summed E-state index contributed by atoms with van der Waals surface area (Å²) in [5, 5.41) is 0. The summed E-state index contributed by atoms with van der Waals surface area (Å²) >= 11 is 0. The Morgan fingerprint density at radius 1 is 1.18 bits per heavy atom. The highest BCUT2D eigenvalue weighted by Gasteiger charge is 2.13. The zero-order valence-electron chi connectivity index (χ0n) is 10.4. The molecule has 1 heterocycles. The maximum Gasteiger partial charge on any atom is 0.205 e. The van der Waals surface area contributed by atoms with Crippen molar-refractivity contribution in [2.75, 3.05) is 0 Å². The molecule has 0 saturated carbocycles. The van der Waals surface area contributed by atoms with Gasteiger partial charge in [-0.1, -0.05) is 32.6 Å². The van der Waals surface area contributed by atoms with Gasteiger partial charge in [0.05, 0.1) is 12.7 Å². The van der Waals surface area contributed by atoms with Crippen LogP contribution in [0.2, 0.25) is 0 Å². The van der Waals surface area contributed by atoms with Crippen molar-refractivity contribution >= 4 is 11.6 Å². The van der Waals surface area contributed by atoms with E-state index >= 15 is 0 Å². The van der Waals surface area contributed by atoms with Gasteiger partial charge in [0, 0.05) is 6.42 Å². The molecule has 3 nitrogen and oxygen atoms in total. The number of hydrogen-bond donors (Lipinski definition) is 0. The molecule has 3 heteroatoms. The largest absolute Gasteiger partial charge is 0.461 e. The average Bonchev–Trinajstić information content (AvgIpc) is 2.82. The van der Waals surface area contributed by atoms with Crippen LogP contribution < -0.4 is 0 Å². The second-order valence-electron chi connectivity index (χ2n) is 4.28. The van der Waals surface area contributed by atoms with Crippen LogP contribution in [0.1, 0.15) is 62.4 Å². The Morgan fingerprint density at radius 2 is 1.94 bits per heavy atom. The van der Waals surface area contributed by atoms with E-state index in [0.29, 0.717) is 6.42 Å². The molecule has 1 rings (SSSR count). The molecule has 0 bridgehead atoms. The van der Waals surface area contributed by atoms with Crippen LogP contribution in [0.15, 0.2) is 22.8 Å². The van der Waals surface area contributed by atoms with Crippen molar-refractivity contribution < 1.29 is 14.0 Å². The molecule has 0 radical (unpaired) electrons. The van der Waals surface area contributed by atoms with Crippen LogP contribution >= 0.6 is 0 Å². The van der Waals surface area contributed by atoms with E-state index in [-0.39, 0.29) is 23.7 Å². The smallest absolute Gasteiger partial charge is 0.205 e. The van der Waals surface area contributed by atoms with E-state index in [1.54, 1.807) is 12.1 Å². The summed E-state index contributed by atoms with van der Waals surface area (Å²) in [6, 6.07) is 3.25. The Labute approximate surface area is 102 Å². The summed E-state index contributed by atoms with van der Waals surface area (Å²) < 4.78 is 4.95. The third-order valence-corrected chi connectivity index (χ3v) is 2.71. The van der Waals surface area contributed by atoms with Gasteiger partial charge in [-0.05, 0) is 18.6 Å². The first kappa shape index (κ1) is 13.7. The van der Waals surface area contributed by atoms with E-state index in [2.05, 4.69) is 6.92 Å². The molecule has 0 aromatic carbocycles. The molecule has 1 aromatic heterocycles. The first-order valence-corrected chi connectivity index (χ1v) is 6.32. The average molecular weight is 236 g/mol. The molecule has 0 spiro atoms. The van der Waals surface area contributed by atoms with Gasteiger partial charge in [0.25, 0.3) is 0 Å². The predicted molar refractivity (Wildman–Crippen MR) is 66.0 cm³/mol. The molecule has 0 aliphatic heterocycles. The number of unbranched alkanes of at least 4 members (excludes halogenated alkanes) is 4. The molecule has 0 fully saturated rings. The Bertz CT molecular complexity index is 338. The summed E-state index contributed by atoms with van der Waals surface area (Å²) in [5.41, 5.74) is 0. The lowest BCUT2D eigenvalue weighted by atomic mass is 10.1. The van der Waals surface area contributed by atoms with Crippen molar-refractivity contribution in [3.05, 3.63) is 24.2 Å². The van der Waals surface area contributed by atoms with Gasteiger partial charge in [-0.2, -0.15) is 0 Å². The number of carbonyl (C=O) groups excluding carboxylic acids is 2. The van der Waals surface area contributed by atoms with Crippen molar-refractivity contribution in [3.8, 4) is 0 Å². The highest BCUT2D eigenvalue weighted by molar-refractivity contribution is 6.06. The van der Waals surface area contributed by atoms with Gasteiger partial charge in [0.2, 0.25) is 5.78 Å². The highest BCUT2D eigenvalue weighted by atomic mass is 16.3. The minimum absolute atomic E-state index is 0.0166. The number of carbonyl (C=O) groups is 2. The molecule has 94 valence electrons. The van der Waals surface area contributed by atoms with E-state index in [1.807, 2.05) is 0 Å². The fourth-order valence-corrected chi connectivity index (χ4v) is 1.72. The molecule has 0 unspecified atom stereocenters. The molecule has 0 aliphatic rings. The summed E-state index contributed by atoms with van der Waals surface area (Å²) in [6.45, 7) is 2.16. The van der Waals surface area contributed by atoms with E-state index in [4.69, 9.17) is 4.42 Å². The van der Waals surface area contributed by atoms with Crippen LogP contribution in [-0.4, -0.2) is 11.6 Å². The molecule has 0 aliphatic carbocycles. The summed E-state index contributed by atoms with van der Waals surface area (Å²) in [5.74, 6) is 0.0841. The minimum atomic E-state index is -0.214. The third kappa shape index (κ3) is 5.48. The summed E-state index contributed by atoms with van der Waals surface area (Å²) in [4.78, 5) is 23.1. The molecule has 0 atom stereocenters. The standard InChI is InChI=1S/C14H20O3/c1-2-3-4-5-6-8-12(15)11-13(16)14-9-7-10-17-14/h7,9-10H,2-6,8,11H2,1H3. The molecular formula is C14H20O3. The molecule has 0 amide bonds. The van der Waals surface area contributed by atoms with Gasteiger partial charge in [0.15, 0.2) is 5.76 Å². The van der Waals surface area contributed by atoms with Gasteiger partial charge in [0.1, 0.15) is 5.78 Å². The number of hydrogen-bond acceptors (Lipinski definition) is 3. The van der Waals surface area contributed by atoms with E-state index in [9.17, 15) is 9.59 Å². The lowest BCUT2D eigenvalue weighted by molar-refractivity contribution is -0.118. The van der Waals surface area contributed by atoms with E-state index in [0.717, 1.165) is 12.8 Å². The zero-order valence-corrected chi connectivity index (χ0v) is 10.4. The van der Waals surface area contributed by atoms with Gasteiger partial charge >= 0.3 is 0 Å². The first-order valence-electron chi connectivity index (χ1n) is 6.32. The SMILES string of the molecule is CCCCCCCC(=O)CC(=O)c1ccco1. The molecule has 1 aromatic rings.